The van der Waals surface area contributed by atoms with Gasteiger partial charge in [0.15, 0.2) is 0 Å². The highest BCUT2D eigenvalue weighted by molar-refractivity contribution is 5.69. The predicted octanol–water partition coefficient (Wildman–Crippen LogP) is 5.81. The number of halogens is 4. The van der Waals surface area contributed by atoms with E-state index in [0.717, 1.165) is 25.0 Å². The van der Waals surface area contributed by atoms with Crippen molar-refractivity contribution >= 4 is 12.0 Å². The Kier molecular flexibility index (Phi) is 6.85. The van der Waals surface area contributed by atoms with Gasteiger partial charge in [0.25, 0.3) is 0 Å². The van der Waals surface area contributed by atoms with E-state index in [9.17, 15) is 22.4 Å². The maximum Gasteiger partial charge on any atom is 0.416 e. The lowest BCUT2D eigenvalue weighted by Gasteiger charge is -2.32. The molecule has 10 heteroatoms. The fraction of sp³-hybridized carbons (Fsp3) is 0.522. The molecule has 0 aliphatic carbocycles. The van der Waals surface area contributed by atoms with E-state index < -0.39 is 23.2 Å². The Bertz CT molecular complexity index is 1020. The van der Waals surface area contributed by atoms with Gasteiger partial charge in [-0.05, 0) is 59.6 Å². The van der Waals surface area contributed by atoms with Crippen LogP contribution in [-0.2, 0) is 10.9 Å². The lowest BCUT2D eigenvalue weighted by Crippen LogP contribution is -2.46. The molecule has 1 fully saturated rings. The first-order valence-corrected chi connectivity index (χ1v) is 10.7. The molecule has 2 aromatic rings. The van der Waals surface area contributed by atoms with Crippen molar-refractivity contribution in [2.75, 3.05) is 11.9 Å². The van der Waals surface area contributed by atoms with Gasteiger partial charge in [-0.1, -0.05) is 6.07 Å². The number of alkyl halides is 3. The molecule has 1 aromatic heterocycles. The highest BCUT2D eigenvalue weighted by Gasteiger charge is 2.36. The number of nitrogens with one attached hydrogen (secondary N) is 1. The number of likely N-dealkylation sites (tertiary alicyclic amines) is 1. The lowest BCUT2D eigenvalue weighted by atomic mass is 10.0. The molecule has 2 heterocycles. The van der Waals surface area contributed by atoms with Gasteiger partial charge >= 0.3 is 12.3 Å². The molecule has 3 rings (SSSR count). The Hall–Kier alpha value is -2.91. The molecule has 2 atom stereocenters. The number of nitrogens with zero attached hydrogens (tertiary/aromatic N) is 3. The quantitative estimate of drug-likeness (QED) is 0.574. The molecule has 1 aliphatic heterocycles. The van der Waals surface area contributed by atoms with Gasteiger partial charge in [-0.3, -0.25) is 0 Å². The van der Waals surface area contributed by atoms with Gasteiger partial charge < -0.3 is 15.0 Å². The Labute approximate surface area is 190 Å². The molecule has 1 aliphatic rings. The number of carbonyl (C=O) groups excluding carboxylic acids is 1. The van der Waals surface area contributed by atoms with Crippen LogP contribution in [0.5, 0.6) is 0 Å². The van der Waals surface area contributed by atoms with Crippen LogP contribution in [0.15, 0.2) is 24.4 Å². The molecule has 0 spiro atoms. The minimum Gasteiger partial charge on any atom is -0.444 e. The van der Waals surface area contributed by atoms with Gasteiger partial charge in [0.1, 0.15) is 11.4 Å². The normalized spacial score (nSPS) is 17.7. The summed E-state index contributed by atoms with van der Waals surface area (Å²) in [5.41, 5.74) is -0.943. The van der Waals surface area contributed by atoms with Crippen LogP contribution in [0.2, 0.25) is 0 Å². The van der Waals surface area contributed by atoms with Crippen molar-refractivity contribution in [1.82, 2.24) is 14.9 Å². The third-order valence-corrected chi connectivity index (χ3v) is 5.43. The summed E-state index contributed by atoms with van der Waals surface area (Å²) >= 11 is 0. The fourth-order valence-corrected chi connectivity index (χ4v) is 3.87. The Morgan fingerprint density at radius 1 is 1.24 bits per heavy atom. The van der Waals surface area contributed by atoms with Crippen molar-refractivity contribution in [2.24, 2.45) is 0 Å². The maximum atomic E-state index is 14.4. The number of rotatable bonds is 4. The Morgan fingerprint density at radius 3 is 2.52 bits per heavy atom. The third kappa shape index (κ3) is 5.91. The largest absolute Gasteiger partial charge is 0.444 e. The summed E-state index contributed by atoms with van der Waals surface area (Å²) in [4.78, 5) is 22.8. The Balaban J connectivity index is 1.75. The molecule has 180 valence electrons. The topological polar surface area (TPSA) is 67.4 Å². The number of aryl methyl sites for hydroxylation is 1. The van der Waals surface area contributed by atoms with Gasteiger partial charge in [-0.25, -0.2) is 19.2 Å². The zero-order valence-electron chi connectivity index (χ0n) is 19.3. The van der Waals surface area contributed by atoms with E-state index in [1.807, 2.05) is 27.7 Å². The van der Waals surface area contributed by atoms with Crippen molar-refractivity contribution in [1.29, 1.82) is 0 Å². The molecule has 1 aromatic carbocycles. The number of anilines is 1. The molecule has 0 bridgehead atoms. The van der Waals surface area contributed by atoms with Gasteiger partial charge in [-0.15, -0.1) is 0 Å². The summed E-state index contributed by atoms with van der Waals surface area (Å²) in [5, 5.41) is 3.18. The molecule has 1 saturated heterocycles. The number of carbonyl (C=O) groups is 1. The minimum atomic E-state index is -4.62. The molecule has 6 nitrogen and oxygen atoms in total. The second-order valence-electron chi connectivity index (χ2n) is 9.20. The van der Waals surface area contributed by atoms with E-state index in [4.69, 9.17) is 4.74 Å². The molecule has 33 heavy (non-hydrogen) atoms. The molecule has 1 unspecified atom stereocenters. The van der Waals surface area contributed by atoms with Crippen LogP contribution >= 0.6 is 0 Å². The van der Waals surface area contributed by atoms with Crippen molar-refractivity contribution in [3.63, 3.8) is 0 Å². The zero-order chi connectivity index (χ0) is 24.6. The predicted molar refractivity (Wildman–Crippen MR) is 116 cm³/mol. The van der Waals surface area contributed by atoms with Gasteiger partial charge in [0, 0.05) is 29.9 Å². The average molecular weight is 468 g/mol. The summed E-state index contributed by atoms with van der Waals surface area (Å²) in [5.74, 6) is -0.711. The summed E-state index contributed by atoms with van der Waals surface area (Å²) in [6.45, 7) is 9.58. The minimum absolute atomic E-state index is 0.00741. The van der Waals surface area contributed by atoms with Crippen LogP contribution < -0.4 is 5.32 Å². The maximum absolute atomic E-state index is 14.4. The first-order chi connectivity index (χ1) is 15.3. The molecule has 1 N–H and O–H groups in total. The van der Waals surface area contributed by atoms with E-state index in [-0.39, 0.29) is 29.7 Å². The first-order valence-electron chi connectivity index (χ1n) is 10.7. The SMILES string of the molecule is Cc1nc(NC(C)[C@H]2CCCN2C(=O)OC(C)(C)C)ncc1-c1ccc(C(F)(F)F)cc1F. The average Bonchev–Trinajstić information content (AvgIpc) is 3.17. The van der Waals surface area contributed by atoms with Crippen LogP contribution in [0.1, 0.15) is 51.8 Å². The summed E-state index contributed by atoms with van der Waals surface area (Å²) in [6.07, 6.45) is -1.97. The van der Waals surface area contributed by atoms with Crippen LogP contribution in [-0.4, -0.2) is 45.2 Å². The smallest absolute Gasteiger partial charge is 0.416 e. The molecule has 1 amide bonds. The van der Waals surface area contributed by atoms with Crippen molar-refractivity contribution < 1.29 is 27.1 Å². The second-order valence-corrected chi connectivity index (χ2v) is 9.20. The number of benzene rings is 1. The molecular weight excluding hydrogens is 440 g/mol. The molecule has 0 saturated carbocycles. The number of aromatic nitrogens is 2. The molecular formula is C23H28F4N4O2. The Morgan fingerprint density at radius 2 is 1.94 bits per heavy atom. The first kappa shape index (κ1) is 24.7. The van der Waals surface area contributed by atoms with Gasteiger partial charge in [0.05, 0.1) is 17.3 Å². The van der Waals surface area contributed by atoms with E-state index >= 15 is 0 Å². The highest BCUT2D eigenvalue weighted by atomic mass is 19.4. The van der Waals surface area contributed by atoms with Crippen molar-refractivity contribution in [2.45, 2.75) is 71.3 Å². The van der Waals surface area contributed by atoms with E-state index in [2.05, 4.69) is 15.3 Å². The zero-order valence-corrected chi connectivity index (χ0v) is 19.3. The van der Waals surface area contributed by atoms with E-state index in [1.54, 1.807) is 11.8 Å². The van der Waals surface area contributed by atoms with Gasteiger partial charge in [-0.2, -0.15) is 13.2 Å². The van der Waals surface area contributed by atoms with E-state index in [1.165, 1.54) is 6.20 Å². The standard InChI is InChI=1S/C23H28F4N4O2/c1-13-17(16-9-8-15(11-18(16)24)23(25,26)27)12-28-20(29-13)30-14(2)19-7-6-10-31(19)21(32)33-22(3,4)5/h8-9,11-12,14,19H,6-7,10H2,1-5H3,(H,28,29,30)/t14?,19-/m1/s1. The highest BCUT2D eigenvalue weighted by Crippen LogP contribution is 2.33. The fourth-order valence-electron chi connectivity index (χ4n) is 3.87. The van der Waals surface area contributed by atoms with Crippen molar-refractivity contribution in [3.8, 4) is 11.1 Å². The monoisotopic (exact) mass is 468 g/mol. The molecule has 0 radical (unpaired) electrons. The third-order valence-electron chi connectivity index (χ3n) is 5.43. The number of ether oxygens (including phenoxy) is 1. The number of hydrogen-bond acceptors (Lipinski definition) is 5. The lowest BCUT2D eigenvalue weighted by molar-refractivity contribution is -0.137. The summed E-state index contributed by atoms with van der Waals surface area (Å²) < 4.78 is 58.3. The van der Waals surface area contributed by atoms with Crippen LogP contribution in [0.4, 0.5) is 28.3 Å². The van der Waals surface area contributed by atoms with Crippen molar-refractivity contribution in [3.05, 3.63) is 41.5 Å². The van der Waals surface area contributed by atoms with E-state index in [0.29, 0.717) is 23.9 Å². The van der Waals surface area contributed by atoms with Crippen LogP contribution in [0.3, 0.4) is 0 Å². The second kappa shape index (κ2) is 9.15. The number of hydrogen-bond donors (Lipinski definition) is 1. The number of amides is 1. The van der Waals surface area contributed by atoms with Crippen LogP contribution in [0, 0.1) is 12.7 Å². The van der Waals surface area contributed by atoms with Crippen LogP contribution in [0.25, 0.3) is 11.1 Å². The summed E-state index contributed by atoms with van der Waals surface area (Å²) in [6, 6.07) is 2.08. The van der Waals surface area contributed by atoms with Gasteiger partial charge in [0.2, 0.25) is 5.95 Å². The summed E-state index contributed by atoms with van der Waals surface area (Å²) in [7, 11) is 0.